The highest BCUT2D eigenvalue weighted by Crippen LogP contribution is 2.19. The SMILES string of the molecule is Cc1cc(Br)ccc1NC(=O)C(=O)NN=CCCc1ccccc1. The van der Waals surface area contributed by atoms with Crippen molar-refractivity contribution in [2.45, 2.75) is 19.8 Å². The molecule has 24 heavy (non-hydrogen) atoms. The first-order valence-corrected chi connectivity index (χ1v) is 8.28. The molecule has 6 heteroatoms. The number of amides is 2. The van der Waals surface area contributed by atoms with Gasteiger partial charge >= 0.3 is 11.8 Å². The van der Waals surface area contributed by atoms with Crippen molar-refractivity contribution in [2.75, 3.05) is 5.32 Å². The van der Waals surface area contributed by atoms with E-state index in [-0.39, 0.29) is 0 Å². The summed E-state index contributed by atoms with van der Waals surface area (Å²) in [5.74, 6) is -1.55. The van der Waals surface area contributed by atoms with Crippen molar-refractivity contribution >= 4 is 39.6 Å². The maximum Gasteiger partial charge on any atom is 0.329 e. The number of carbonyl (C=O) groups is 2. The Morgan fingerprint density at radius 2 is 1.88 bits per heavy atom. The van der Waals surface area contributed by atoms with Crippen LogP contribution in [0.1, 0.15) is 17.5 Å². The van der Waals surface area contributed by atoms with E-state index in [0.717, 1.165) is 16.5 Å². The normalized spacial score (nSPS) is 10.6. The largest absolute Gasteiger partial charge is 0.329 e. The summed E-state index contributed by atoms with van der Waals surface area (Å²) in [6, 6.07) is 15.3. The van der Waals surface area contributed by atoms with Gasteiger partial charge in [-0.1, -0.05) is 46.3 Å². The van der Waals surface area contributed by atoms with E-state index in [2.05, 4.69) is 31.8 Å². The second kappa shape index (κ2) is 8.98. The molecule has 0 heterocycles. The topological polar surface area (TPSA) is 70.6 Å². The summed E-state index contributed by atoms with van der Waals surface area (Å²) in [6.45, 7) is 1.85. The van der Waals surface area contributed by atoms with Gasteiger partial charge in [0.2, 0.25) is 0 Å². The molecule has 124 valence electrons. The van der Waals surface area contributed by atoms with Crippen molar-refractivity contribution in [3.63, 3.8) is 0 Å². The Kier molecular flexibility index (Phi) is 6.69. The number of hydrazone groups is 1. The van der Waals surface area contributed by atoms with E-state index in [9.17, 15) is 9.59 Å². The van der Waals surface area contributed by atoms with E-state index in [1.165, 1.54) is 5.56 Å². The van der Waals surface area contributed by atoms with Gasteiger partial charge in [0.15, 0.2) is 0 Å². The molecule has 5 nitrogen and oxygen atoms in total. The van der Waals surface area contributed by atoms with Gasteiger partial charge in [-0.2, -0.15) is 5.10 Å². The van der Waals surface area contributed by atoms with Crippen LogP contribution in [0.5, 0.6) is 0 Å². The molecule has 0 fully saturated rings. The fourth-order valence-corrected chi connectivity index (χ4v) is 2.52. The van der Waals surface area contributed by atoms with Crippen molar-refractivity contribution in [3.8, 4) is 0 Å². The molecule has 0 bridgehead atoms. The third-order valence-corrected chi connectivity index (χ3v) is 3.80. The molecule has 2 rings (SSSR count). The number of benzene rings is 2. The first-order valence-electron chi connectivity index (χ1n) is 7.49. The number of nitrogens with zero attached hydrogens (tertiary/aromatic N) is 1. The third-order valence-electron chi connectivity index (χ3n) is 3.31. The summed E-state index contributed by atoms with van der Waals surface area (Å²) in [4.78, 5) is 23.5. The standard InChI is InChI=1S/C18H18BrN3O2/c1-13-12-15(19)9-10-16(13)21-17(23)18(24)22-20-11-5-8-14-6-3-2-4-7-14/h2-4,6-7,9-12H,5,8H2,1H3,(H,21,23)(H,22,24). The second-order valence-electron chi connectivity index (χ2n) is 5.19. The van der Waals surface area contributed by atoms with E-state index in [4.69, 9.17) is 0 Å². The number of rotatable bonds is 5. The number of halogens is 1. The third kappa shape index (κ3) is 5.62. The predicted molar refractivity (Wildman–Crippen MR) is 98.9 cm³/mol. The average molecular weight is 388 g/mol. The number of aryl methyl sites for hydroxylation is 2. The highest BCUT2D eigenvalue weighted by Gasteiger charge is 2.13. The lowest BCUT2D eigenvalue weighted by molar-refractivity contribution is -0.136. The molecular formula is C18H18BrN3O2. The zero-order valence-electron chi connectivity index (χ0n) is 13.3. The summed E-state index contributed by atoms with van der Waals surface area (Å²) in [5, 5.41) is 6.35. The Hall–Kier alpha value is -2.47. The van der Waals surface area contributed by atoms with Gasteiger partial charge in [-0.05, 0) is 49.1 Å². The van der Waals surface area contributed by atoms with Gasteiger partial charge in [0, 0.05) is 16.4 Å². The quantitative estimate of drug-likeness (QED) is 0.468. The van der Waals surface area contributed by atoms with Crippen LogP contribution >= 0.6 is 15.9 Å². The van der Waals surface area contributed by atoms with Crippen LogP contribution < -0.4 is 10.7 Å². The van der Waals surface area contributed by atoms with E-state index >= 15 is 0 Å². The number of hydrogen-bond donors (Lipinski definition) is 2. The molecule has 2 aromatic rings. The molecular weight excluding hydrogens is 370 g/mol. The van der Waals surface area contributed by atoms with Crippen molar-refractivity contribution in [2.24, 2.45) is 5.10 Å². The van der Waals surface area contributed by atoms with Crippen LogP contribution in [-0.2, 0) is 16.0 Å². The minimum Gasteiger partial charge on any atom is -0.317 e. The van der Waals surface area contributed by atoms with Crippen molar-refractivity contribution in [1.29, 1.82) is 0 Å². The Labute approximate surface area is 149 Å². The molecule has 0 spiro atoms. The number of carbonyl (C=O) groups excluding carboxylic acids is 2. The highest BCUT2D eigenvalue weighted by atomic mass is 79.9. The molecule has 0 radical (unpaired) electrons. The number of hydrogen-bond acceptors (Lipinski definition) is 3. The first-order chi connectivity index (χ1) is 11.6. The van der Waals surface area contributed by atoms with Gasteiger partial charge in [0.25, 0.3) is 0 Å². The van der Waals surface area contributed by atoms with Gasteiger partial charge in [0.1, 0.15) is 0 Å². The monoisotopic (exact) mass is 387 g/mol. The molecule has 0 saturated heterocycles. The van der Waals surface area contributed by atoms with E-state index < -0.39 is 11.8 Å². The van der Waals surface area contributed by atoms with Crippen LogP contribution in [0, 0.1) is 6.92 Å². The molecule has 0 aliphatic carbocycles. The molecule has 2 N–H and O–H groups in total. The Balaban J connectivity index is 1.77. The minimum atomic E-state index is -0.798. The lowest BCUT2D eigenvalue weighted by Gasteiger charge is -2.07. The van der Waals surface area contributed by atoms with Crippen molar-refractivity contribution in [1.82, 2.24) is 5.43 Å². The molecule has 0 saturated carbocycles. The molecule has 0 aromatic heterocycles. The Morgan fingerprint density at radius 3 is 2.58 bits per heavy atom. The van der Waals surface area contributed by atoms with Gasteiger partial charge in [-0.15, -0.1) is 0 Å². The van der Waals surface area contributed by atoms with E-state index in [1.807, 2.05) is 43.3 Å². The highest BCUT2D eigenvalue weighted by molar-refractivity contribution is 9.10. The second-order valence-corrected chi connectivity index (χ2v) is 6.11. The molecule has 2 aromatic carbocycles. The van der Waals surface area contributed by atoms with Crippen molar-refractivity contribution < 1.29 is 9.59 Å². The predicted octanol–water partition coefficient (Wildman–Crippen LogP) is 3.43. The molecule has 0 unspecified atom stereocenters. The lowest BCUT2D eigenvalue weighted by atomic mass is 10.1. The van der Waals surface area contributed by atoms with Crippen LogP contribution in [0.25, 0.3) is 0 Å². The van der Waals surface area contributed by atoms with Crippen LogP contribution in [0.2, 0.25) is 0 Å². The van der Waals surface area contributed by atoms with Gasteiger partial charge in [-0.25, -0.2) is 5.43 Å². The van der Waals surface area contributed by atoms with Crippen LogP contribution in [0.15, 0.2) is 58.1 Å². The zero-order chi connectivity index (χ0) is 17.4. The van der Waals surface area contributed by atoms with Gasteiger partial charge in [-0.3, -0.25) is 9.59 Å². The summed E-state index contributed by atoms with van der Waals surface area (Å²) in [5.41, 5.74) is 4.87. The van der Waals surface area contributed by atoms with E-state index in [1.54, 1.807) is 18.3 Å². The van der Waals surface area contributed by atoms with Crippen LogP contribution in [0.4, 0.5) is 5.69 Å². The average Bonchev–Trinajstić information content (AvgIpc) is 2.57. The fourth-order valence-electron chi connectivity index (χ4n) is 2.04. The fraction of sp³-hybridized carbons (Fsp3) is 0.167. The van der Waals surface area contributed by atoms with Crippen molar-refractivity contribution in [3.05, 3.63) is 64.1 Å². The minimum absolute atomic E-state index is 0.589. The lowest BCUT2D eigenvalue weighted by Crippen LogP contribution is -2.32. The number of nitrogens with one attached hydrogen (secondary N) is 2. The summed E-state index contributed by atoms with van der Waals surface area (Å²) >= 11 is 3.35. The summed E-state index contributed by atoms with van der Waals surface area (Å²) in [6.07, 6.45) is 3.09. The molecule has 0 aliphatic rings. The maximum atomic E-state index is 11.8. The summed E-state index contributed by atoms with van der Waals surface area (Å²) < 4.78 is 0.908. The maximum absolute atomic E-state index is 11.8. The summed E-state index contributed by atoms with van der Waals surface area (Å²) in [7, 11) is 0. The smallest absolute Gasteiger partial charge is 0.317 e. The zero-order valence-corrected chi connectivity index (χ0v) is 14.8. The van der Waals surface area contributed by atoms with E-state index in [0.29, 0.717) is 12.1 Å². The Morgan fingerprint density at radius 1 is 1.12 bits per heavy atom. The van der Waals surface area contributed by atoms with Gasteiger partial charge in [0.05, 0.1) is 0 Å². The Bertz CT molecular complexity index is 745. The van der Waals surface area contributed by atoms with Gasteiger partial charge < -0.3 is 5.32 Å². The van der Waals surface area contributed by atoms with Crippen LogP contribution in [-0.4, -0.2) is 18.0 Å². The van der Waals surface area contributed by atoms with Crippen LogP contribution in [0.3, 0.4) is 0 Å². The molecule has 0 atom stereocenters. The molecule has 0 aliphatic heterocycles. The molecule has 2 amide bonds. The number of anilines is 1. The first kappa shape index (κ1) is 17.9.